The highest BCUT2D eigenvalue weighted by Crippen LogP contribution is 2.31. The molecule has 2 aromatic carbocycles. The summed E-state index contributed by atoms with van der Waals surface area (Å²) < 4.78 is 0.986. The first-order valence-electron chi connectivity index (χ1n) is 5.22. The van der Waals surface area contributed by atoms with Gasteiger partial charge in [0.25, 0.3) is 0 Å². The number of hydrogen-bond donors (Lipinski definition) is 2. The first kappa shape index (κ1) is 11.6. The van der Waals surface area contributed by atoms with E-state index in [4.69, 9.17) is 5.73 Å². The molecule has 0 saturated carbocycles. The normalized spacial score (nSPS) is 15.0. The van der Waals surface area contributed by atoms with Crippen molar-refractivity contribution < 1.29 is 5.11 Å². The van der Waals surface area contributed by atoms with Gasteiger partial charge in [-0.1, -0.05) is 46.3 Å². The Balaban J connectivity index is 2.70. The van der Waals surface area contributed by atoms with Crippen LogP contribution in [0.3, 0.4) is 0 Å². The van der Waals surface area contributed by atoms with E-state index in [1.165, 1.54) is 0 Å². The van der Waals surface area contributed by atoms with Crippen LogP contribution in [-0.2, 0) is 0 Å². The first-order valence-corrected chi connectivity index (χ1v) is 6.01. The number of halogens is 1. The van der Waals surface area contributed by atoms with Gasteiger partial charge in [-0.05, 0) is 23.9 Å². The van der Waals surface area contributed by atoms with Crippen LogP contribution in [0, 0.1) is 0 Å². The highest BCUT2D eigenvalue weighted by molar-refractivity contribution is 9.10. The molecular weight excluding hydrogens is 266 g/mol. The summed E-state index contributed by atoms with van der Waals surface area (Å²) in [5.74, 6) is 0. The Morgan fingerprint density at radius 2 is 1.81 bits per heavy atom. The molecule has 2 aromatic rings. The predicted molar refractivity (Wildman–Crippen MR) is 70.3 cm³/mol. The van der Waals surface area contributed by atoms with Gasteiger partial charge in [-0.3, -0.25) is 0 Å². The third-order valence-electron chi connectivity index (χ3n) is 2.70. The van der Waals surface area contributed by atoms with E-state index in [9.17, 15) is 5.11 Å². The highest BCUT2D eigenvalue weighted by atomic mass is 79.9. The summed E-state index contributed by atoms with van der Waals surface area (Å²) in [7, 11) is 0. The number of rotatable bonds is 2. The number of fused-ring (bicyclic) bond motifs is 1. The monoisotopic (exact) mass is 279 g/mol. The predicted octanol–water partition coefficient (Wildman–Crippen LogP) is 2.98. The van der Waals surface area contributed by atoms with Gasteiger partial charge in [0.15, 0.2) is 0 Å². The summed E-state index contributed by atoms with van der Waals surface area (Å²) in [5.41, 5.74) is 6.62. The summed E-state index contributed by atoms with van der Waals surface area (Å²) >= 11 is 3.51. The lowest BCUT2D eigenvalue weighted by molar-refractivity contribution is 0.155. The fourth-order valence-electron chi connectivity index (χ4n) is 1.85. The van der Waals surface area contributed by atoms with Gasteiger partial charge in [0.05, 0.1) is 6.10 Å². The third kappa shape index (κ3) is 1.98. The van der Waals surface area contributed by atoms with Gasteiger partial charge in [0, 0.05) is 15.9 Å². The van der Waals surface area contributed by atoms with Crippen molar-refractivity contribution in [2.75, 3.05) is 0 Å². The van der Waals surface area contributed by atoms with Crippen LogP contribution in [0.4, 0.5) is 0 Å². The first-order chi connectivity index (χ1) is 7.61. The Morgan fingerprint density at radius 1 is 1.19 bits per heavy atom. The maximum absolute atomic E-state index is 10.1. The lowest BCUT2D eigenvalue weighted by Crippen LogP contribution is -2.24. The van der Waals surface area contributed by atoms with E-state index in [2.05, 4.69) is 15.9 Å². The fraction of sp³-hybridized carbons (Fsp3) is 0.231. The second-order valence-electron chi connectivity index (χ2n) is 3.99. The zero-order chi connectivity index (χ0) is 11.7. The molecule has 0 heterocycles. The molecule has 0 aliphatic heterocycles. The fourth-order valence-corrected chi connectivity index (χ4v) is 2.46. The van der Waals surface area contributed by atoms with Crippen LogP contribution in [0.1, 0.15) is 18.6 Å². The van der Waals surface area contributed by atoms with E-state index < -0.39 is 6.10 Å². The molecule has 0 saturated heterocycles. The third-order valence-corrected chi connectivity index (χ3v) is 3.36. The Kier molecular flexibility index (Phi) is 3.28. The summed E-state index contributed by atoms with van der Waals surface area (Å²) in [4.78, 5) is 0. The Morgan fingerprint density at radius 3 is 2.44 bits per heavy atom. The van der Waals surface area contributed by atoms with E-state index in [0.29, 0.717) is 0 Å². The van der Waals surface area contributed by atoms with Crippen molar-refractivity contribution in [3.8, 4) is 0 Å². The van der Waals surface area contributed by atoms with E-state index in [1.807, 2.05) is 36.4 Å². The molecule has 16 heavy (non-hydrogen) atoms. The highest BCUT2D eigenvalue weighted by Gasteiger charge is 2.16. The zero-order valence-corrected chi connectivity index (χ0v) is 10.6. The molecule has 0 unspecified atom stereocenters. The minimum absolute atomic E-state index is 0.280. The van der Waals surface area contributed by atoms with Crippen LogP contribution in [0.15, 0.2) is 40.9 Å². The Bertz CT molecular complexity index is 505. The Labute approximate surface area is 103 Å². The number of nitrogens with two attached hydrogens (primary N) is 1. The average molecular weight is 280 g/mol. The molecule has 0 radical (unpaired) electrons. The van der Waals surface area contributed by atoms with Gasteiger partial charge in [-0.15, -0.1) is 0 Å². The summed E-state index contributed by atoms with van der Waals surface area (Å²) in [6.45, 7) is 1.81. The molecule has 0 aliphatic carbocycles. The van der Waals surface area contributed by atoms with Gasteiger partial charge in [-0.25, -0.2) is 0 Å². The molecule has 2 nitrogen and oxygen atoms in total. The Hall–Kier alpha value is -0.900. The van der Waals surface area contributed by atoms with Crippen LogP contribution >= 0.6 is 15.9 Å². The molecule has 0 amide bonds. The van der Waals surface area contributed by atoms with Crippen molar-refractivity contribution in [2.24, 2.45) is 5.73 Å². The lowest BCUT2D eigenvalue weighted by atomic mass is 9.97. The van der Waals surface area contributed by atoms with Gasteiger partial charge in [-0.2, -0.15) is 0 Å². The minimum Gasteiger partial charge on any atom is -0.387 e. The lowest BCUT2D eigenvalue weighted by Gasteiger charge is -2.17. The van der Waals surface area contributed by atoms with Gasteiger partial charge < -0.3 is 10.8 Å². The van der Waals surface area contributed by atoms with E-state index in [-0.39, 0.29) is 6.04 Å². The quantitative estimate of drug-likeness (QED) is 0.888. The molecule has 2 atom stereocenters. The van der Waals surface area contributed by atoms with Crippen LogP contribution in [0.2, 0.25) is 0 Å². The van der Waals surface area contributed by atoms with E-state index in [1.54, 1.807) is 6.92 Å². The summed E-state index contributed by atoms with van der Waals surface area (Å²) in [5, 5.41) is 12.2. The van der Waals surface area contributed by atoms with Gasteiger partial charge in [0.1, 0.15) is 0 Å². The molecule has 0 aromatic heterocycles. The molecule has 3 heteroatoms. The maximum Gasteiger partial charge on any atom is 0.0944 e. The van der Waals surface area contributed by atoms with E-state index in [0.717, 1.165) is 20.8 Å². The average Bonchev–Trinajstić information content (AvgIpc) is 2.27. The van der Waals surface area contributed by atoms with Crippen molar-refractivity contribution in [1.29, 1.82) is 0 Å². The smallest absolute Gasteiger partial charge is 0.0944 e. The van der Waals surface area contributed by atoms with Crippen LogP contribution in [0.25, 0.3) is 10.8 Å². The minimum atomic E-state index is -0.637. The van der Waals surface area contributed by atoms with Crippen molar-refractivity contribution in [3.05, 3.63) is 46.4 Å². The van der Waals surface area contributed by atoms with Crippen molar-refractivity contribution in [1.82, 2.24) is 0 Å². The second kappa shape index (κ2) is 4.53. The van der Waals surface area contributed by atoms with Crippen molar-refractivity contribution >= 4 is 26.7 Å². The van der Waals surface area contributed by atoms with E-state index >= 15 is 0 Å². The molecule has 0 aliphatic rings. The maximum atomic E-state index is 10.1. The molecule has 84 valence electrons. The largest absolute Gasteiger partial charge is 0.387 e. The SMILES string of the molecule is C[C@@H](N)[C@@H](O)c1cccc2cccc(Br)c12. The summed E-state index contributed by atoms with van der Waals surface area (Å²) in [6.07, 6.45) is -0.637. The molecule has 2 rings (SSSR count). The molecule has 0 fully saturated rings. The van der Waals surface area contributed by atoms with Gasteiger partial charge in [0.2, 0.25) is 0 Å². The van der Waals surface area contributed by atoms with Crippen molar-refractivity contribution in [3.63, 3.8) is 0 Å². The topological polar surface area (TPSA) is 46.2 Å². The van der Waals surface area contributed by atoms with Crippen molar-refractivity contribution in [2.45, 2.75) is 19.1 Å². The van der Waals surface area contributed by atoms with Crippen LogP contribution in [-0.4, -0.2) is 11.1 Å². The standard InChI is InChI=1S/C13H14BrNO/c1-8(15)13(16)10-6-2-4-9-5-3-7-11(14)12(9)10/h2-8,13,16H,15H2,1H3/t8-,13-/m1/s1. The van der Waals surface area contributed by atoms with Crippen LogP contribution in [0.5, 0.6) is 0 Å². The second-order valence-corrected chi connectivity index (χ2v) is 4.84. The molecular formula is C13H14BrNO. The molecule has 0 bridgehead atoms. The molecule has 3 N–H and O–H groups in total. The van der Waals surface area contributed by atoms with Gasteiger partial charge >= 0.3 is 0 Å². The number of aliphatic hydroxyl groups is 1. The molecule has 0 spiro atoms. The number of benzene rings is 2. The summed E-state index contributed by atoms with van der Waals surface area (Å²) in [6, 6.07) is 11.6. The van der Waals surface area contributed by atoms with Crippen LogP contribution < -0.4 is 5.73 Å². The zero-order valence-electron chi connectivity index (χ0n) is 9.02. The number of aliphatic hydroxyl groups excluding tert-OH is 1. The number of hydrogen-bond acceptors (Lipinski definition) is 2.